The average molecular weight is 249 g/mol. The third-order valence-electron chi connectivity index (χ3n) is 2.84. The van der Waals surface area contributed by atoms with Gasteiger partial charge in [0, 0.05) is 13.0 Å². The molecule has 0 aliphatic carbocycles. The fraction of sp³-hybridized carbons (Fsp3) is 0.400. The van der Waals surface area contributed by atoms with Crippen LogP contribution in [0.2, 0.25) is 0 Å². The predicted octanol–water partition coefficient (Wildman–Crippen LogP) is 2.05. The van der Waals surface area contributed by atoms with Crippen molar-refractivity contribution in [3.8, 4) is 0 Å². The van der Waals surface area contributed by atoms with Gasteiger partial charge in [0.05, 0.1) is 26.2 Å². The van der Waals surface area contributed by atoms with Crippen molar-refractivity contribution in [2.24, 2.45) is 0 Å². The van der Waals surface area contributed by atoms with Gasteiger partial charge in [-0.05, 0) is 24.3 Å². The SMILES string of the molecule is C=CC[N+](CC=C)(CC=C)CCCNC(=O)C=C. The normalized spacial score (nSPS) is 10.4. The molecule has 0 unspecified atom stereocenters. The van der Waals surface area contributed by atoms with Crippen LogP contribution in [0.4, 0.5) is 0 Å². The Bertz CT molecular complexity index is 281. The fourth-order valence-corrected chi connectivity index (χ4v) is 2.02. The molecule has 0 radical (unpaired) electrons. The van der Waals surface area contributed by atoms with Crippen LogP contribution in [0.3, 0.4) is 0 Å². The molecule has 3 heteroatoms. The highest BCUT2D eigenvalue weighted by Crippen LogP contribution is 2.09. The first kappa shape index (κ1) is 16.4. The maximum Gasteiger partial charge on any atom is 0.243 e. The van der Waals surface area contributed by atoms with Gasteiger partial charge in [-0.25, -0.2) is 0 Å². The molecule has 0 aromatic heterocycles. The third kappa shape index (κ3) is 6.21. The van der Waals surface area contributed by atoms with E-state index < -0.39 is 0 Å². The van der Waals surface area contributed by atoms with Gasteiger partial charge in [0.1, 0.15) is 0 Å². The van der Waals surface area contributed by atoms with E-state index in [-0.39, 0.29) is 5.91 Å². The highest BCUT2D eigenvalue weighted by Gasteiger charge is 2.22. The maximum atomic E-state index is 11.0. The Morgan fingerprint density at radius 1 is 1.00 bits per heavy atom. The number of carbonyl (C=O) groups is 1. The lowest BCUT2D eigenvalue weighted by Gasteiger charge is -2.36. The van der Waals surface area contributed by atoms with Crippen LogP contribution in [-0.4, -0.2) is 43.1 Å². The highest BCUT2D eigenvalue weighted by molar-refractivity contribution is 5.86. The molecule has 100 valence electrons. The summed E-state index contributed by atoms with van der Waals surface area (Å²) in [6.07, 6.45) is 7.98. The number of amides is 1. The molecule has 0 atom stereocenters. The second-order valence-corrected chi connectivity index (χ2v) is 4.33. The summed E-state index contributed by atoms with van der Waals surface area (Å²) in [6, 6.07) is 0. The van der Waals surface area contributed by atoms with E-state index in [1.165, 1.54) is 6.08 Å². The first-order valence-corrected chi connectivity index (χ1v) is 6.22. The first-order chi connectivity index (χ1) is 8.64. The summed E-state index contributed by atoms with van der Waals surface area (Å²) in [4.78, 5) is 11.0. The summed E-state index contributed by atoms with van der Waals surface area (Å²) in [5.41, 5.74) is 0. The van der Waals surface area contributed by atoms with Gasteiger partial charge in [-0.3, -0.25) is 4.79 Å². The van der Waals surface area contributed by atoms with Crippen LogP contribution < -0.4 is 5.32 Å². The van der Waals surface area contributed by atoms with Gasteiger partial charge in [-0.1, -0.05) is 26.3 Å². The van der Waals surface area contributed by atoms with Gasteiger partial charge in [0.25, 0.3) is 0 Å². The summed E-state index contributed by atoms with van der Waals surface area (Å²) >= 11 is 0. The summed E-state index contributed by atoms with van der Waals surface area (Å²) in [5.74, 6) is -0.121. The molecule has 0 saturated heterocycles. The lowest BCUT2D eigenvalue weighted by Crippen LogP contribution is -2.49. The van der Waals surface area contributed by atoms with Crippen molar-refractivity contribution in [1.82, 2.24) is 5.32 Å². The molecule has 0 rings (SSSR count). The molecule has 18 heavy (non-hydrogen) atoms. The molecule has 1 amide bonds. The Balaban J connectivity index is 4.33. The summed E-state index contributed by atoms with van der Waals surface area (Å²) in [6.45, 7) is 19.1. The summed E-state index contributed by atoms with van der Waals surface area (Å²) < 4.78 is 0.862. The van der Waals surface area contributed by atoms with Crippen molar-refractivity contribution >= 4 is 5.91 Å². The quantitative estimate of drug-likeness (QED) is 0.258. The molecule has 0 bridgehead atoms. The van der Waals surface area contributed by atoms with Gasteiger partial charge in [0.2, 0.25) is 5.91 Å². The van der Waals surface area contributed by atoms with E-state index in [9.17, 15) is 4.79 Å². The zero-order valence-electron chi connectivity index (χ0n) is 11.2. The number of nitrogens with zero attached hydrogens (tertiary/aromatic N) is 1. The largest absolute Gasteiger partial charge is 0.352 e. The lowest BCUT2D eigenvalue weighted by atomic mass is 10.2. The number of carbonyl (C=O) groups excluding carboxylic acids is 1. The van der Waals surface area contributed by atoms with E-state index in [0.717, 1.165) is 37.1 Å². The zero-order valence-corrected chi connectivity index (χ0v) is 11.2. The second-order valence-electron chi connectivity index (χ2n) is 4.33. The van der Waals surface area contributed by atoms with E-state index >= 15 is 0 Å². The van der Waals surface area contributed by atoms with E-state index in [2.05, 4.69) is 31.6 Å². The summed E-state index contributed by atoms with van der Waals surface area (Å²) in [5, 5.41) is 2.79. The monoisotopic (exact) mass is 249 g/mol. The molecule has 0 aromatic rings. The third-order valence-corrected chi connectivity index (χ3v) is 2.84. The van der Waals surface area contributed by atoms with Crippen LogP contribution in [-0.2, 0) is 4.79 Å². The minimum absolute atomic E-state index is 0.121. The number of quaternary nitrogens is 1. The Hall–Kier alpha value is -1.61. The Morgan fingerprint density at radius 2 is 1.50 bits per heavy atom. The molecule has 0 fully saturated rings. The molecular formula is C15H25N2O+. The van der Waals surface area contributed by atoms with Crippen LogP contribution >= 0.6 is 0 Å². The van der Waals surface area contributed by atoms with E-state index in [4.69, 9.17) is 0 Å². The van der Waals surface area contributed by atoms with Crippen LogP contribution in [0.25, 0.3) is 0 Å². The predicted molar refractivity (Wildman–Crippen MR) is 78.1 cm³/mol. The topological polar surface area (TPSA) is 29.1 Å². The van der Waals surface area contributed by atoms with Crippen molar-refractivity contribution in [3.05, 3.63) is 50.6 Å². The minimum Gasteiger partial charge on any atom is -0.352 e. The van der Waals surface area contributed by atoms with E-state index in [1.54, 1.807) is 0 Å². The molecule has 0 aliphatic rings. The van der Waals surface area contributed by atoms with Crippen LogP contribution in [0.5, 0.6) is 0 Å². The smallest absolute Gasteiger partial charge is 0.243 e. The van der Waals surface area contributed by atoms with Gasteiger partial charge >= 0.3 is 0 Å². The Labute approximate surface area is 111 Å². The van der Waals surface area contributed by atoms with E-state index in [1.807, 2.05) is 18.2 Å². The van der Waals surface area contributed by atoms with Crippen molar-refractivity contribution < 1.29 is 9.28 Å². The van der Waals surface area contributed by atoms with Gasteiger partial charge in [-0.2, -0.15) is 0 Å². The van der Waals surface area contributed by atoms with Crippen molar-refractivity contribution in [3.63, 3.8) is 0 Å². The van der Waals surface area contributed by atoms with Gasteiger partial charge < -0.3 is 9.80 Å². The van der Waals surface area contributed by atoms with Gasteiger partial charge in [0.15, 0.2) is 0 Å². The highest BCUT2D eigenvalue weighted by atomic mass is 16.1. The standard InChI is InChI=1S/C15H24N2O/c1-5-11-17(12-6-2,13-7-3)14-9-10-16-15(18)8-4/h5-8H,1-4,9-14H2/p+1. The second kappa shape index (κ2) is 9.42. The molecule has 1 N–H and O–H groups in total. The Kier molecular flexibility index (Phi) is 8.58. The minimum atomic E-state index is -0.121. The molecule has 0 spiro atoms. The van der Waals surface area contributed by atoms with Crippen molar-refractivity contribution in [1.29, 1.82) is 0 Å². The number of rotatable bonds is 11. The number of hydrogen-bond donors (Lipinski definition) is 1. The molecule has 0 saturated carbocycles. The van der Waals surface area contributed by atoms with Crippen molar-refractivity contribution in [2.45, 2.75) is 6.42 Å². The zero-order chi connectivity index (χ0) is 13.9. The molecule has 0 aliphatic heterocycles. The van der Waals surface area contributed by atoms with Gasteiger partial charge in [-0.15, -0.1) is 0 Å². The molecule has 0 heterocycles. The maximum absolute atomic E-state index is 11.0. The first-order valence-electron chi connectivity index (χ1n) is 6.22. The Morgan fingerprint density at radius 3 is 1.89 bits per heavy atom. The lowest BCUT2D eigenvalue weighted by molar-refractivity contribution is -0.912. The number of hydrogen-bond acceptors (Lipinski definition) is 1. The van der Waals surface area contributed by atoms with Crippen LogP contribution in [0.15, 0.2) is 50.6 Å². The van der Waals surface area contributed by atoms with Crippen molar-refractivity contribution in [2.75, 3.05) is 32.7 Å². The molecule has 0 aromatic carbocycles. The average Bonchev–Trinajstić information content (AvgIpc) is 2.35. The fourth-order valence-electron chi connectivity index (χ4n) is 2.02. The summed E-state index contributed by atoms with van der Waals surface area (Å²) in [7, 11) is 0. The van der Waals surface area contributed by atoms with Crippen LogP contribution in [0.1, 0.15) is 6.42 Å². The molecular weight excluding hydrogens is 224 g/mol. The molecule has 3 nitrogen and oxygen atoms in total. The van der Waals surface area contributed by atoms with E-state index in [0.29, 0.717) is 6.54 Å². The van der Waals surface area contributed by atoms with Crippen LogP contribution in [0, 0.1) is 0 Å². The number of nitrogens with one attached hydrogen (secondary N) is 1.